The highest BCUT2D eigenvalue weighted by atomic mass is 16.5. The van der Waals surface area contributed by atoms with E-state index in [1.807, 2.05) is 6.92 Å². The smallest absolute Gasteiger partial charge is 0.328 e. The van der Waals surface area contributed by atoms with Crippen molar-refractivity contribution in [3.05, 3.63) is 29.8 Å². The molecule has 0 unspecified atom stereocenters. The number of carbonyl (C=O) groups is 1. The van der Waals surface area contributed by atoms with Crippen LogP contribution in [0.5, 0.6) is 11.5 Å². The van der Waals surface area contributed by atoms with Gasteiger partial charge in [-0.2, -0.15) is 0 Å². The fourth-order valence-electron chi connectivity index (χ4n) is 1.28. The molecule has 0 amide bonds. The molecule has 0 aromatic heterocycles. The number of methoxy groups -OCH3 is 1. The minimum absolute atomic E-state index is 0.494. The molecule has 0 aliphatic heterocycles. The van der Waals surface area contributed by atoms with Gasteiger partial charge in [-0.25, -0.2) is 4.79 Å². The Hall–Kier alpha value is -1.97. The SMILES string of the molecule is CCOc1c(/C=C/C(=O)O)cccc1OC. The van der Waals surface area contributed by atoms with Crippen molar-refractivity contribution in [1.29, 1.82) is 0 Å². The molecule has 0 radical (unpaired) electrons. The second-order valence-corrected chi connectivity index (χ2v) is 2.98. The highest BCUT2D eigenvalue weighted by molar-refractivity contribution is 5.86. The minimum atomic E-state index is -0.995. The number of ether oxygens (including phenoxy) is 2. The van der Waals surface area contributed by atoms with Gasteiger partial charge in [-0.15, -0.1) is 0 Å². The second-order valence-electron chi connectivity index (χ2n) is 2.98. The molecule has 16 heavy (non-hydrogen) atoms. The van der Waals surface area contributed by atoms with Crippen LogP contribution in [0.15, 0.2) is 24.3 Å². The van der Waals surface area contributed by atoms with E-state index in [0.29, 0.717) is 23.7 Å². The van der Waals surface area contributed by atoms with E-state index in [1.54, 1.807) is 25.3 Å². The third-order valence-corrected chi connectivity index (χ3v) is 1.92. The summed E-state index contributed by atoms with van der Waals surface area (Å²) in [5, 5.41) is 8.56. The van der Waals surface area contributed by atoms with Gasteiger partial charge in [0.25, 0.3) is 0 Å². The summed E-state index contributed by atoms with van der Waals surface area (Å²) in [7, 11) is 1.54. The molecule has 0 aliphatic rings. The van der Waals surface area contributed by atoms with E-state index >= 15 is 0 Å². The van der Waals surface area contributed by atoms with E-state index in [9.17, 15) is 4.79 Å². The van der Waals surface area contributed by atoms with Crippen LogP contribution in [0.3, 0.4) is 0 Å². The molecule has 1 N–H and O–H groups in total. The van der Waals surface area contributed by atoms with E-state index in [1.165, 1.54) is 6.08 Å². The van der Waals surface area contributed by atoms with Crippen LogP contribution >= 0.6 is 0 Å². The molecule has 0 heterocycles. The van der Waals surface area contributed by atoms with E-state index in [-0.39, 0.29) is 0 Å². The molecular weight excluding hydrogens is 208 g/mol. The molecule has 4 heteroatoms. The molecule has 0 spiro atoms. The predicted molar refractivity (Wildman–Crippen MR) is 60.8 cm³/mol. The fourth-order valence-corrected chi connectivity index (χ4v) is 1.28. The average Bonchev–Trinajstić information content (AvgIpc) is 2.27. The summed E-state index contributed by atoms with van der Waals surface area (Å²) < 4.78 is 10.6. The number of benzene rings is 1. The Morgan fingerprint density at radius 3 is 2.81 bits per heavy atom. The van der Waals surface area contributed by atoms with Crippen molar-refractivity contribution < 1.29 is 19.4 Å². The van der Waals surface area contributed by atoms with Crippen molar-refractivity contribution in [1.82, 2.24) is 0 Å². The van der Waals surface area contributed by atoms with Crippen LogP contribution in [-0.4, -0.2) is 24.8 Å². The zero-order chi connectivity index (χ0) is 12.0. The lowest BCUT2D eigenvalue weighted by Crippen LogP contribution is -1.97. The first-order valence-electron chi connectivity index (χ1n) is 4.89. The number of aliphatic carboxylic acids is 1. The van der Waals surface area contributed by atoms with Crippen molar-refractivity contribution in [2.24, 2.45) is 0 Å². The first-order chi connectivity index (χ1) is 7.69. The van der Waals surface area contributed by atoms with Crippen LogP contribution in [0.25, 0.3) is 6.08 Å². The first kappa shape index (κ1) is 12.1. The Kier molecular flexibility index (Phi) is 4.39. The summed E-state index contributed by atoms with van der Waals surface area (Å²) in [6, 6.07) is 5.32. The maximum absolute atomic E-state index is 10.4. The van der Waals surface area contributed by atoms with Crippen molar-refractivity contribution in [2.45, 2.75) is 6.92 Å². The third-order valence-electron chi connectivity index (χ3n) is 1.92. The third kappa shape index (κ3) is 3.02. The zero-order valence-corrected chi connectivity index (χ0v) is 9.27. The van der Waals surface area contributed by atoms with Gasteiger partial charge in [-0.1, -0.05) is 12.1 Å². The lowest BCUT2D eigenvalue weighted by atomic mass is 10.1. The summed E-state index contributed by atoms with van der Waals surface area (Å²) in [6.45, 7) is 2.35. The van der Waals surface area contributed by atoms with Gasteiger partial charge in [-0.05, 0) is 19.1 Å². The molecular formula is C12H14O4. The summed E-state index contributed by atoms with van der Waals surface area (Å²) >= 11 is 0. The van der Waals surface area contributed by atoms with Crippen LogP contribution in [-0.2, 0) is 4.79 Å². The minimum Gasteiger partial charge on any atom is -0.493 e. The van der Waals surface area contributed by atoms with E-state index in [2.05, 4.69) is 0 Å². The number of hydrogen-bond donors (Lipinski definition) is 1. The number of para-hydroxylation sites is 1. The highest BCUT2D eigenvalue weighted by Crippen LogP contribution is 2.31. The second kappa shape index (κ2) is 5.80. The molecule has 1 rings (SSSR count). The number of rotatable bonds is 5. The summed E-state index contributed by atoms with van der Waals surface area (Å²) in [6.07, 6.45) is 2.55. The van der Waals surface area contributed by atoms with Crippen LogP contribution in [0, 0.1) is 0 Å². The molecule has 86 valence electrons. The molecule has 4 nitrogen and oxygen atoms in total. The topological polar surface area (TPSA) is 55.8 Å². The highest BCUT2D eigenvalue weighted by Gasteiger charge is 2.07. The van der Waals surface area contributed by atoms with Gasteiger partial charge < -0.3 is 14.6 Å². The molecule has 0 saturated heterocycles. The normalized spacial score (nSPS) is 10.4. The number of hydrogen-bond acceptors (Lipinski definition) is 3. The van der Waals surface area contributed by atoms with Crippen LogP contribution in [0.2, 0.25) is 0 Å². The van der Waals surface area contributed by atoms with Crippen molar-refractivity contribution in [2.75, 3.05) is 13.7 Å². The van der Waals surface area contributed by atoms with Crippen molar-refractivity contribution in [3.63, 3.8) is 0 Å². The monoisotopic (exact) mass is 222 g/mol. The summed E-state index contributed by atoms with van der Waals surface area (Å²) in [5.41, 5.74) is 0.684. The lowest BCUT2D eigenvalue weighted by Gasteiger charge is -2.11. The van der Waals surface area contributed by atoms with Crippen LogP contribution in [0.4, 0.5) is 0 Å². The fraction of sp³-hybridized carbons (Fsp3) is 0.250. The lowest BCUT2D eigenvalue weighted by molar-refractivity contribution is -0.131. The molecule has 0 atom stereocenters. The summed E-state index contributed by atoms with van der Waals surface area (Å²) in [5.74, 6) is 0.157. The van der Waals surface area contributed by atoms with Gasteiger partial charge >= 0.3 is 5.97 Å². The van der Waals surface area contributed by atoms with E-state index in [4.69, 9.17) is 14.6 Å². The van der Waals surface area contributed by atoms with Gasteiger partial charge in [-0.3, -0.25) is 0 Å². The van der Waals surface area contributed by atoms with Crippen molar-refractivity contribution in [3.8, 4) is 11.5 Å². The standard InChI is InChI=1S/C12H14O4/c1-3-16-12-9(7-8-11(13)14)5-4-6-10(12)15-2/h4-8H,3H2,1-2H3,(H,13,14)/b8-7+. The van der Waals surface area contributed by atoms with Crippen LogP contribution < -0.4 is 9.47 Å². The van der Waals surface area contributed by atoms with Gasteiger partial charge in [0.05, 0.1) is 13.7 Å². The van der Waals surface area contributed by atoms with E-state index < -0.39 is 5.97 Å². The first-order valence-corrected chi connectivity index (χ1v) is 4.89. The average molecular weight is 222 g/mol. The number of carboxylic acid groups (broad SMARTS) is 1. The Labute approximate surface area is 94.1 Å². The van der Waals surface area contributed by atoms with Gasteiger partial charge in [0, 0.05) is 11.6 Å². The van der Waals surface area contributed by atoms with Gasteiger partial charge in [0.15, 0.2) is 11.5 Å². The van der Waals surface area contributed by atoms with Crippen molar-refractivity contribution >= 4 is 12.0 Å². The molecule has 1 aromatic carbocycles. The van der Waals surface area contributed by atoms with Gasteiger partial charge in [0.2, 0.25) is 0 Å². The molecule has 0 bridgehead atoms. The van der Waals surface area contributed by atoms with Gasteiger partial charge in [0.1, 0.15) is 0 Å². The molecule has 0 fully saturated rings. The predicted octanol–water partition coefficient (Wildman–Crippen LogP) is 2.19. The maximum atomic E-state index is 10.4. The largest absolute Gasteiger partial charge is 0.493 e. The Balaban J connectivity index is 3.10. The summed E-state index contributed by atoms with van der Waals surface area (Å²) in [4.78, 5) is 10.4. The molecule has 0 saturated carbocycles. The molecule has 0 aliphatic carbocycles. The Morgan fingerprint density at radius 2 is 2.25 bits per heavy atom. The van der Waals surface area contributed by atoms with E-state index in [0.717, 1.165) is 6.08 Å². The zero-order valence-electron chi connectivity index (χ0n) is 9.27. The Bertz CT molecular complexity index is 396. The Morgan fingerprint density at radius 1 is 1.50 bits per heavy atom. The maximum Gasteiger partial charge on any atom is 0.328 e. The van der Waals surface area contributed by atoms with Crippen LogP contribution in [0.1, 0.15) is 12.5 Å². The molecule has 1 aromatic rings. The quantitative estimate of drug-likeness (QED) is 0.776. The number of carboxylic acids is 1.